The number of H-pyrrole nitrogens is 1. The molecule has 106 valence electrons. The largest absolute Gasteiger partial charge is 0.395 e. The van der Waals surface area contributed by atoms with Gasteiger partial charge in [-0.1, -0.05) is 0 Å². The average Bonchev–Trinajstić information content (AvgIpc) is 2.89. The zero-order valence-electron chi connectivity index (χ0n) is 11.6. The molecule has 2 aromatic heterocycles. The van der Waals surface area contributed by atoms with Gasteiger partial charge in [-0.3, -0.25) is 9.78 Å². The summed E-state index contributed by atoms with van der Waals surface area (Å²) in [5.74, 6) is 0.554. The number of aromatic amines is 1. The molecule has 6 nitrogen and oxygen atoms in total. The van der Waals surface area contributed by atoms with Crippen molar-refractivity contribution in [3.63, 3.8) is 0 Å². The summed E-state index contributed by atoms with van der Waals surface area (Å²) in [5.41, 5.74) is 2.18. The Hall–Kier alpha value is -2.21. The maximum absolute atomic E-state index is 12.5. The summed E-state index contributed by atoms with van der Waals surface area (Å²) in [6, 6.07) is 3.50. The van der Waals surface area contributed by atoms with Crippen LogP contribution in [0.5, 0.6) is 0 Å². The third-order valence-corrected chi connectivity index (χ3v) is 2.88. The molecule has 2 rings (SSSR count). The fraction of sp³-hybridized carbons (Fsp3) is 0.357. The van der Waals surface area contributed by atoms with Gasteiger partial charge in [-0.25, -0.2) is 4.98 Å². The van der Waals surface area contributed by atoms with Gasteiger partial charge >= 0.3 is 0 Å². The minimum absolute atomic E-state index is 0.0878. The van der Waals surface area contributed by atoms with Crippen molar-refractivity contribution in [1.29, 1.82) is 0 Å². The van der Waals surface area contributed by atoms with E-state index in [4.69, 9.17) is 5.11 Å². The van der Waals surface area contributed by atoms with Crippen LogP contribution in [-0.2, 0) is 6.54 Å². The fourth-order valence-corrected chi connectivity index (χ4v) is 2.08. The average molecular weight is 274 g/mol. The summed E-state index contributed by atoms with van der Waals surface area (Å²) in [6.07, 6.45) is 3.34. The number of amides is 1. The monoisotopic (exact) mass is 274 g/mol. The molecule has 0 atom stereocenters. The molecule has 0 radical (unpaired) electrons. The van der Waals surface area contributed by atoms with Gasteiger partial charge in [-0.15, -0.1) is 0 Å². The zero-order chi connectivity index (χ0) is 14.5. The van der Waals surface area contributed by atoms with Gasteiger partial charge < -0.3 is 15.0 Å². The van der Waals surface area contributed by atoms with E-state index >= 15 is 0 Å². The number of carbonyl (C=O) groups is 1. The molecule has 0 bridgehead atoms. The standard InChI is InChI=1S/C14H18N4O2/c1-10-7-12(8-11(2)17-10)14(20)18(5-6-19)9-13-15-3-4-16-13/h3-4,7-8,19H,5-6,9H2,1-2H3,(H,15,16). The Morgan fingerprint density at radius 2 is 2.05 bits per heavy atom. The van der Waals surface area contributed by atoms with Gasteiger partial charge in [-0.2, -0.15) is 0 Å². The summed E-state index contributed by atoms with van der Waals surface area (Å²) < 4.78 is 0. The first-order valence-corrected chi connectivity index (χ1v) is 6.44. The minimum Gasteiger partial charge on any atom is -0.395 e. The first kappa shape index (κ1) is 14.2. The number of nitrogens with zero attached hydrogens (tertiary/aromatic N) is 3. The predicted octanol–water partition coefficient (Wildman–Crippen LogP) is 1.06. The highest BCUT2D eigenvalue weighted by molar-refractivity contribution is 5.94. The van der Waals surface area contributed by atoms with Crippen LogP contribution in [0.15, 0.2) is 24.5 Å². The summed E-state index contributed by atoms with van der Waals surface area (Å²) in [5, 5.41) is 9.13. The number of aromatic nitrogens is 3. The lowest BCUT2D eigenvalue weighted by Crippen LogP contribution is -2.33. The lowest BCUT2D eigenvalue weighted by molar-refractivity contribution is 0.0703. The van der Waals surface area contributed by atoms with Crippen molar-refractivity contribution in [1.82, 2.24) is 19.9 Å². The molecule has 0 fully saturated rings. The first-order valence-electron chi connectivity index (χ1n) is 6.44. The normalized spacial score (nSPS) is 10.6. The van der Waals surface area contributed by atoms with E-state index in [1.165, 1.54) is 0 Å². The topological polar surface area (TPSA) is 82.1 Å². The number of pyridine rings is 1. The number of carbonyl (C=O) groups excluding carboxylic acids is 1. The summed E-state index contributed by atoms with van der Waals surface area (Å²) in [6.45, 7) is 4.22. The lowest BCUT2D eigenvalue weighted by Gasteiger charge is -2.21. The molecule has 2 aromatic rings. The van der Waals surface area contributed by atoms with Crippen LogP contribution in [0.2, 0.25) is 0 Å². The number of imidazole rings is 1. The van der Waals surface area contributed by atoms with Crippen LogP contribution in [0.1, 0.15) is 27.6 Å². The molecule has 6 heteroatoms. The minimum atomic E-state index is -0.135. The van der Waals surface area contributed by atoms with Crippen molar-refractivity contribution in [2.24, 2.45) is 0 Å². The molecule has 0 aliphatic rings. The number of aliphatic hydroxyl groups is 1. The Bertz CT molecular complexity index is 561. The van der Waals surface area contributed by atoms with Crippen LogP contribution in [0.4, 0.5) is 0 Å². The van der Waals surface area contributed by atoms with Crippen molar-refractivity contribution in [2.75, 3.05) is 13.2 Å². The van der Waals surface area contributed by atoms with Crippen LogP contribution >= 0.6 is 0 Å². The SMILES string of the molecule is Cc1cc(C(=O)N(CCO)Cc2ncc[nH]2)cc(C)n1. The number of rotatable bonds is 5. The first-order chi connectivity index (χ1) is 9.60. The zero-order valence-corrected chi connectivity index (χ0v) is 11.6. The maximum Gasteiger partial charge on any atom is 0.254 e. The van der Waals surface area contributed by atoms with Gasteiger partial charge in [-0.05, 0) is 26.0 Å². The summed E-state index contributed by atoms with van der Waals surface area (Å²) in [4.78, 5) is 25.4. The van der Waals surface area contributed by atoms with E-state index in [1.807, 2.05) is 13.8 Å². The predicted molar refractivity (Wildman–Crippen MR) is 74.1 cm³/mol. The van der Waals surface area contributed by atoms with Gasteiger partial charge in [0.2, 0.25) is 0 Å². The number of aryl methyl sites for hydroxylation is 2. The summed E-state index contributed by atoms with van der Waals surface area (Å²) in [7, 11) is 0. The number of hydrogen-bond acceptors (Lipinski definition) is 4. The molecule has 1 amide bonds. The molecule has 0 unspecified atom stereocenters. The molecular weight excluding hydrogens is 256 g/mol. The van der Waals surface area contributed by atoms with Gasteiger partial charge in [0.25, 0.3) is 5.91 Å². The van der Waals surface area contributed by atoms with E-state index in [0.29, 0.717) is 17.9 Å². The highest BCUT2D eigenvalue weighted by Crippen LogP contribution is 2.10. The van der Waals surface area contributed by atoms with Crippen LogP contribution in [0.25, 0.3) is 0 Å². The van der Waals surface area contributed by atoms with Gasteiger partial charge in [0.1, 0.15) is 5.82 Å². The number of aliphatic hydroxyl groups excluding tert-OH is 1. The Balaban J connectivity index is 2.21. The lowest BCUT2D eigenvalue weighted by atomic mass is 10.1. The third-order valence-electron chi connectivity index (χ3n) is 2.88. The van der Waals surface area contributed by atoms with Crippen molar-refractivity contribution in [2.45, 2.75) is 20.4 Å². The van der Waals surface area contributed by atoms with E-state index in [0.717, 1.165) is 11.4 Å². The third kappa shape index (κ3) is 3.42. The quantitative estimate of drug-likeness (QED) is 0.854. The second-order valence-electron chi connectivity index (χ2n) is 4.62. The fourth-order valence-electron chi connectivity index (χ4n) is 2.08. The highest BCUT2D eigenvalue weighted by Gasteiger charge is 2.17. The van der Waals surface area contributed by atoms with Crippen molar-refractivity contribution < 1.29 is 9.90 Å². The van der Waals surface area contributed by atoms with Gasteiger partial charge in [0.15, 0.2) is 0 Å². The second kappa shape index (κ2) is 6.29. The van der Waals surface area contributed by atoms with E-state index in [1.54, 1.807) is 29.4 Å². The molecule has 2 heterocycles. The van der Waals surface area contributed by atoms with Crippen LogP contribution < -0.4 is 0 Å². The molecule has 0 aliphatic heterocycles. The Kier molecular flexibility index (Phi) is 4.47. The second-order valence-corrected chi connectivity index (χ2v) is 4.62. The summed E-state index contributed by atoms with van der Waals surface area (Å²) >= 11 is 0. The van der Waals surface area contributed by atoms with E-state index in [-0.39, 0.29) is 19.1 Å². The van der Waals surface area contributed by atoms with E-state index in [2.05, 4.69) is 15.0 Å². The Morgan fingerprint density at radius 1 is 1.35 bits per heavy atom. The molecule has 0 spiro atoms. The van der Waals surface area contributed by atoms with Gasteiger partial charge in [0, 0.05) is 35.9 Å². The molecular formula is C14H18N4O2. The van der Waals surface area contributed by atoms with Crippen LogP contribution in [0, 0.1) is 13.8 Å². The molecule has 20 heavy (non-hydrogen) atoms. The molecule has 0 saturated heterocycles. The molecule has 0 aliphatic carbocycles. The number of nitrogens with one attached hydrogen (secondary N) is 1. The van der Waals surface area contributed by atoms with Crippen molar-refractivity contribution >= 4 is 5.91 Å². The highest BCUT2D eigenvalue weighted by atomic mass is 16.3. The molecule has 2 N–H and O–H groups in total. The van der Waals surface area contributed by atoms with Crippen molar-refractivity contribution in [3.8, 4) is 0 Å². The smallest absolute Gasteiger partial charge is 0.254 e. The van der Waals surface area contributed by atoms with Crippen LogP contribution in [0.3, 0.4) is 0 Å². The Morgan fingerprint density at radius 3 is 2.60 bits per heavy atom. The Labute approximate surface area is 117 Å². The van der Waals surface area contributed by atoms with Crippen LogP contribution in [-0.4, -0.2) is 44.0 Å². The molecule has 0 aromatic carbocycles. The van der Waals surface area contributed by atoms with Gasteiger partial charge in [0.05, 0.1) is 13.2 Å². The number of hydrogen-bond donors (Lipinski definition) is 2. The molecule has 0 saturated carbocycles. The maximum atomic E-state index is 12.5. The van der Waals surface area contributed by atoms with E-state index in [9.17, 15) is 4.79 Å². The van der Waals surface area contributed by atoms with Crippen molar-refractivity contribution in [3.05, 3.63) is 47.3 Å². The van der Waals surface area contributed by atoms with E-state index < -0.39 is 0 Å².